The number of aryl methyl sites for hydroxylation is 1. The minimum atomic E-state index is -0.657. The molecule has 2 aromatic heterocycles. The Bertz CT molecular complexity index is 1500. The molecule has 4 aliphatic rings. The molecule has 204 valence electrons. The van der Waals surface area contributed by atoms with Crippen LogP contribution in [0.3, 0.4) is 0 Å². The molecule has 0 radical (unpaired) electrons. The first-order chi connectivity index (χ1) is 18.6. The number of hydrogen-bond donors (Lipinski definition) is 2. The van der Waals surface area contributed by atoms with Gasteiger partial charge in [0.1, 0.15) is 16.4 Å². The Morgan fingerprint density at radius 2 is 1.90 bits per heavy atom. The van der Waals surface area contributed by atoms with Gasteiger partial charge in [0.2, 0.25) is 5.91 Å². The molecule has 0 unspecified atom stereocenters. The summed E-state index contributed by atoms with van der Waals surface area (Å²) in [4.78, 5) is 20.1. The summed E-state index contributed by atoms with van der Waals surface area (Å²) in [5, 5.41) is 24.6. The molecule has 7 nitrogen and oxygen atoms in total. The molecule has 7 rings (SSSR count). The highest BCUT2D eigenvalue weighted by atomic mass is 35.5. The molecule has 1 amide bonds. The van der Waals surface area contributed by atoms with Gasteiger partial charge in [-0.15, -0.1) is 21.5 Å². The van der Waals surface area contributed by atoms with Crippen molar-refractivity contribution in [1.29, 1.82) is 0 Å². The maximum atomic E-state index is 13.5. The van der Waals surface area contributed by atoms with Crippen molar-refractivity contribution in [3.8, 4) is 5.00 Å². The molecule has 0 bridgehead atoms. The lowest BCUT2D eigenvalue weighted by Crippen LogP contribution is -2.43. The molecule has 9 heteroatoms. The van der Waals surface area contributed by atoms with Crippen LogP contribution in [0.25, 0.3) is 5.00 Å². The van der Waals surface area contributed by atoms with E-state index in [-0.39, 0.29) is 23.4 Å². The van der Waals surface area contributed by atoms with Crippen molar-refractivity contribution in [3.63, 3.8) is 0 Å². The smallest absolute Gasteiger partial charge is 0.224 e. The molecule has 1 aliphatic heterocycles. The van der Waals surface area contributed by atoms with Gasteiger partial charge in [0.05, 0.1) is 11.3 Å². The van der Waals surface area contributed by atoms with E-state index in [1.165, 1.54) is 10.4 Å². The molecule has 0 saturated heterocycles. The van der Waals surface area contributed by atoms with Crippen molar-refractivity contribution in [2.75, 3.05) is 0 Å². The predicted molar refractivity (Wildman–Crippen MR) is 153 cm³/mol. The van der Waals surface area contributed by atoms with E-state index in [1.807, 2.05) is 45.0 Å². The van der Waals surface area contributed by atoms with Gasteiger partial charge in [-0.1, -0.05) is 29.8 Å². The van der Waals surface area contributed by atoms with Gasteiger partial charge in [0, 0.05) is 33.0 Å². The Morgan fingerprint density at radius 3 is 2.59 bits per heavy atom. The van der Waals surface area contributed by atoms with E-state index in [4.69, 9.17) is 16.6 Å². The molecular formula is C30H34ClN5O2S. The number of fused-ring (bicyclic) bond motifs is 6. The third-order valence-electron chi connectivity index (χ3n) is 9.26. The van der Waals surface area contributed by atoms with Gasteiger partial charge in [-0.3, -0.25) is 14.4 Å². The predicted octanol–water partition coefficient (Wildman–Crippen LogP) is 5.29. The maximum absolute atomic E-state index is 13.5. The number of carbonyl (C=O) groups is 1. The second-order valence-corrected chi connectivity index (χ2v) is 13.9. The number of amides is 1. The minimum Gasteiger partial charge on any atom is -0.390 e. The molecule has 39 heavy (non-hydrogen) atoms. The lowest BCUT2D eigenvalue weighted by atomic mass is 9.77. The quantitative estimate of drug-likeness (QED) is 0.451. The van der Waals surface area contributed by atoms with Crippen LogP contribution >= 0.6 is 22.9 Å². The topological polar surface area (TPSA) is 92.4 Å². The number of benzene rings is 1. The van der Waals surface area contributed by atoms with Crippen LogP contribution in [0, 0.1) is 18.8 Å². The normalized spacial score (nSPS) is 24.9. The number of nitrogens with one attached hydrogen (secondary N) is 1. The monoisotopic (exact) mass is 563 g/mol. The fourth-order valence-corrected chi connectivity index (χ4v) is 8.48. The van der Waals surface area contributed by atoms with Crippen LogP contribution in [-0.2, 0) is 23.2 Å². The Labute approximate surface area is 237 Å². The molecule has 3 aliphatic carbocycles. The number of thiophene rings is 1. The molecule has 1 aromatic carbocycles. The van der Waals surface area contributed by atoms with Crippen molar-refractivity contribution >= 4 is 34.6 Å². The Kier molecular flexibility index (Phi) is 5.85. The van der Waals surface area contributed by atoms with Crippen molar-refractivity contribution in [2.24, 2.45) is 16.8 Å². The minimum absolute atomic E-state index is 0.0873. The van der Waals surface area contributed by atoms with Crippen LogP contribution < -0.4 is 5.32 Å². The van der Waals surface area contributed by atoms with Gasteiger partial charge in [0.15, 0.2) is 5.82 Å². The number of aliphatic imine (C=N–C) groups is 1. The van der Waals surface area contributed by atoms with Crippen molar-refractivity contribution in [1.82, 2.24) is 20.1 Å². The first-order valence-corrected chi connectivity index (χ1v) is 15.3. The SMILES string of the molecule is Cc1nnc2n1-c1sc3c(c1C(c1ccccc1Cl)=NC21CC1)C[C@H](C(=O)NC1CCC(C(C)(C)O)CC1)C3. The summed E-state index contributed by atoms with van der Waals surface area (Å²) in [7, 11) is 0. The van der Waals surface area contributed by atoms with E-state index in [2.05, 4.69) is 20.1 Å². The summed E-state index contributed by atoms with van der Waals surface area (Å²) in [6, 6.07) is 8.11. The van der Waals surface area contributed by atoms with E-state index >= 15 is 0 Å². The maximum Gasteiger partial charge on any atom is 0.224 e. The summed E-state index contributed by atoms with van der Waals surface area (Å²) >= 11 is 8.51. The van der Waals surface area contributed by atoms with Gasteiger partial charge in [-0.2, -0.15) is 0 Å². The van der Waals surface area contributed by atoms with Crippen LogP contribution in [0.15, 0.2) is 29.3 Å². The first-order valence-electron chi connectivity index (χ1n) is 14.1. The molecule has 2 N–H and O–H groups in total. The Balaban J connectivity index is 1.21. The van der Waals surface area contributed by atoms with Crippen LogP contribution in [0.2, 0.25) is 5.02 Å². The highest BCUT2D eigenvalue weighted by Gasteiger charge is 2.52. The summed E-state index contributed by atoms with van der Waals surface area (Å²) in [6.07, 6.45) is 7.04. The number of aromatic nitrogens is 3. The number of hydrogen-bond acceptors (Lipinski definition) is 6. The van der Waals surface area contributed by atoms with E-state index in [0.717, 1.165) is 78.4 Å². The second-order valence-electron chi connectivity index (χ2n) is 12.4. The van der Waals surface area contributed by atoms with Crippen LogP contribution in [0.4, 0.5) is 0 Å². The summed E-state index contributed by atoms with van der Waals surface area (Å²) < 4.78 is 2.20. The fraction of sp³-hybridized carbons (Fsp3) is 0.533. The molecule has 3 aromatic rings. The molecule has 2 saturated carbocycles. The van der Waals surface area contributed by atoms with E-state index in [0.29, 0.717) is 17.4 Å². The lowest BCUT2D eigenvalue weighted by molar-refractivity contribution is -0.125. The fourth-order valence-electron chi connectivity index (χ4n) is 6.80. The number of nitrogens with zero attached hydrogens (tertiary/aromatic N) is 4. The van der Waals surface area contributed by atoms with E-state index in [9.17, 15) is 9.90 Å². The Hall–Kier alpha value is -2.55. The standard InChI is InChI=1S/C30H34ClN5O2S/c1-16-34-35-28-30(12-13-30)33-25(20-6-4-5-7-22(20)31)24-21-14-17(15-23(21)39-27(24)36(16)28)26(37)32-19-10-8-18(9-11-19)29(2,3)38/h4-7,17-19,38H,8-15H2,1-3H3,(H,32,37)/t17-,18?,19?/m0/s1. The van der Waals surface area contributed by atoms with Crippen molar-refractivity contribution in [2.45, 2.75) is 89.3 Å². The number of halogens is 1. The van der Waals surface area contributed by atoms with Crippen LogP contribution in [0.1, 0.15) is 85.6 Å². The molecule has 1 atom stereocenters. The Morgan fingerprint density at radius 1 is 1.15 bits per heavy atom. The average Bonchev–Trinajstić information content (AvgIpc) is 3.23. The zero-order chi connectivity index (χ0) is 27.1. The van der Waals surface area contributed by atoms with Gasteiger partial charge < -0.3 is 10.4 Å². The third-order valence-corrected chi connectivity index (χ3v) is 10.8. The van der Waals surface area contributed by atoms with Crippen molar-refractivity contribution in [3.05, 3.63) is 62.5 Å². The lowest BCUT2D eigenvalue weighted by Gasteiger charge is -2.36. The van der Waals surface area contributed by atoms with E-state index < -0.39 is 5.60 Å². The molecular weight excluding hydrogens is 530 g/mol. The van der Waals surface area contributed by atoms with Gasteiger partial charge in [-0.05, 0) is 89.7 Å². The van der Waals surface area contributed by atoms with Gasteiger partial charge in [-0.25, -0.2) is 0 Å². The first kappa shape index (κ1) is 25.4. The largest absolute Gasteiger partial charge is 0.390 e. The molecule has 2 fully saturated rings. The highest BCUT2D eigenvalue weighted by molar-refractivity contribution is 7.15. The summed E-state index contributed by atoms with van der Waals surface area (Å²) in [6.45, 7) is 5.79. The number of aliphatic hydroxyl groups is 1. The number of rotatable bonds is 4. The zero-order valence-electron chi connectivity index (χ0n) is 22.6. The summed E-state index contributed by atoms with van der Waals surface area (Å²) in [5.74, 6) is 2.13. The molecule has 3 heterocycles. The zero-order valence-corrected chi connectivity index (χ0v) is 24.2. The second kappa shape index (κ2) is 8.98. The summed E-state index contributed by atoms with van der Waals surface area (Å²) in [5.41, 5.74) is 3.14. The van der Waals surface area contributed by atoms with Gasteiger partial charge >= 0.3 is 0 Å². The highest BCUT2D eigenvalue weighted by Crippen LogP contribution is 2.54. The van der Waals surface area contributed by atoms with Crippen LogP contribution in [-0.4, -0.2) is 43.1 Å². The average molecular weight is 564 g/mol. The third kappa shape index (κ3) is 4.18. The van der Waals surface area contributed by atoms with Gasteiger partial charge in [0.25, 0.3) is 0 Å². The van der Waals surface area contributed by atoms with E-state index in [1.54, 1.807) is 11.3 Å². The van der Waals surface area contributed by atoms with Crippen LogP contribution in [0.5, 0.6) is 0 Å². The number of carbonyl (C=O) groups excluding carboxylic acids is 1. The van der Waals surface area contributed by atoms with Crippen molar-refractivity contribution < 1.29 is 9.90 Å². The molecule has 1 spiro atoms.